The minimum Gasteiger partial charge on any atom is -0.386 e. The Morgan fingerprint density at radius 3 is 2.26 bits per heavy atom. The highest BCUT2D eigenvalue weighted by Crippen LogP contribution is 2.35. The number of likely N-dealkylation sites (N-methyl/N-ethyl adjacent to an activating group) is 1. The van der Waals surface area contributed by atoms with Crippen molar-refractivity contribution < 1.29 is 13.9 Å². The highest BCUT2D eigenvalue weighted by Gasteiger charge is 2.38. The Morgan fingerprint density at radius 1 is 1.21 bits per heavy atom. The van der Waals surface area contributed by atoms with Gasteiger partial charge >= 0.3 is 0 Å². The summed E-state index contributed by atoms with van der Waals surface area (Å²) in [5.41, 5.74) is -0.589. The maximum absolute atomic E-state index is 13.8. The van der Waals surface area contributed by atoms with Crippen molar-refractivity contribution in [3.05, 3.63) is 35.4 Å². The first-order valence-electron chi connectivity index (χ1n) is 6.79. The number of hydrogen-bond acceptors (Lipinski definition) is 2. The summed E-state index contributed by atoms with van der Waals surface area (Å²) in [7, 11) is 0. The first-order chi connectivity index (χ1) is 8.92. The lowest BCUT2D eigenvalue weighted by atomic mass is 9.84. The molecular formula is C15H23F2NO. The number of benzene rings is 1. The van der Waals surface area contributed by atoms with Crippen LogP contribution in [0.3, 0.4) is 0 Å². The molecule has 0 amide bonds. The SMILES string of the molecule is CCN(CC)C(C)(CC)C(O)c1cccc(F)c1F. The van der Waals surface area contributed by atoms with Crippen molar-refractivity contribution in [1.82, 2.24) is 4.90 Å². The van der Waals surface area contributed by atoms with Crippen LogP contribution in [0, 0.1) is 11.6 Å². The van der Waals surface area contributed by atoms with Crippen molar-refractivity contribution in [2.75, 3.05) is 13.1 Å². The van der Waals surface area contributed by atoms with E-state index in [-0.39, 0.29) is 5.56 Å². The quantitative estimate of drug-likeness (QED) is 0.856. The number of nitrogens with zero attached hydrogens (tertiary/aromatic N) is 1. The van der Waals surface area contributed by atoms with Crippen LogP contribution in [0.4, 0.5) is 8.78 Å². The zero-order valence-electron chi connectivity index (χ0n) is 12.1. The smallest absolute Gasteiger partial charge is 0.164 e. The lowest BCUT2D eigenvalue weighted by Crippen LogP contribution is -2.50. The third-order valence-electron chi connectivity index (χ3n) is 4.07. The zero-order chi connectivity index (χ0) is 14.6. The van der Waals surface area contributed by atoms with Crippen molar-refractivity contribution in [2.45, 2.75) is 45.8 Å². The van der Waals surface area contributed by atoms with E-state index in [4.69, 9.17) is 0 Å². The van der Waals surface area contributed by atoms with Crippen LogP contribution in [-0.2, 0) is 0 Å². The summed E-state index contributed by atoms with van der Waals surface area (Å²) in [6.45, 7) is 9.30. The molecule has 2 unspecified atom stereocenters. The van der Waals surface area contributed by atoms with Crippen LogP contribution in [0.5, 0.6) is 0 Å². The molecule has 0 saturated heterocycles. The summed E-state index contributed by atoms with van der Waals surface area (Å²) in [6, 6.07) is 3.93. The molecule has 0 fully saturated rings. The van der Waals surface area contributed by atoms with E-state index in [0.717, 1.165) is 19.2 Å². The second-order valence-electron chi connectivity index (χ2n) is 4.93. The van der Waals surface area contributed by atoms with Crippen molar-refractivity contribution in [3.63, 3.8) is 0 Å². The molecule has 2 nitrogen and oxygen atoms in total. The van der Waals surface area contributed by atoms with Crippen LogP contribution in [0.1, 0.15) is 45.8 Å². The molecule has 0 aliphatic heterocycles. The van der Waals surface area contributed by atoms with E-state index in [0.29, 0.717) is 6.42 Å². The minimum atomic E-state index is -1.06. The highest BCUT2D eigenvalue weighted by molar-refractivity contribution is 5.24. The average molecular weight is 271 g/mol. The molecule has 0 aliphatic carbocycles. The molecule has 1 aromatic carbocycles. The van der Waals surface area contributed by atoms with Crippen molar-refractivity contribution in [1.29, 1.82) is 0 Å². The fourth-order valence-electron chi connectivity index (χ4n) is 2.60. The van der Waals surface area contributed by atoms with Gasteiger partial charge in [-0.1, -0.05) is 32.9 Å². The summed E-state index contributed by atoms with van der Waals surface area (Å²) in [5.74, 6) is -1.88. The highest BCUT2D eigenvalue weighted by atomic mass is 19.2. The number of rotatable bonds is 6. The van der Waals surface area contributed by atoms with Gasteiger partial charge in [-0.25, -0.2) is 8.78 Å². The number of hydrogen-bond donors (Lipinski definition) is 1. The van der Waals surface area contributed by atoms with Crippen molar-refractivity contribution in [2.24, 2.45) is 0 Å². The first kappa shape index (κ1) is 16.1. The van der Waals surface area contributed by atoms with Gasteiger partial charge in [-0.15, -0.1) is 0 Å². The van der Waals surface area contributed by atoms with Crippen LogP contribution in [-0.4, -0.2) is 28.6 Å². The monoisotopic (exact) mass is 271 g/mol. The molecule has 0 aromatic heterocycles. The van der Waals surface area contributed by atoms with Crippen LogP contribution in [0.25, 0.3) is 0 Å². The van der Waals surface area contributed by atoms with E-state index in [1.165, 1.54) is 12.1 Å². The summed E-state index contributed by atoms with van der Waals surface area (Å²) in [4.78, 5) is 2.07. The first-order valence-corrected chi connectivity index (χ1v) is 6.79. The van der Waals surface area contributed by atoms with E-state index >= 15 is 0 Å². The third-order valence-corrected chi connectivity index (χ3v) is 4.07. The number of aliphatic hydroxyl groups excluding tert-OH is 1. The fourth-order valence-corrected chi connectivity index (χ4v) is 2.60. The zero-order valence-corrected chi connectivity index (χ0v) is 12.1. The van der Waals surface area contributed by atoms with Crippen LogP contribution in [0.2, 0.25) is 0 Å². The molecule has 19 heavy (non-hydrogen) atoms. The van der Waals surface area contributed by atoms with Gasteiger partial charge in [0.25, 0.3) is 0 Å². The number of halogens is 2. The van der Waals surface area contributed by atoms with Crippen LogP contribution >= 0.6 is 0 Å². The van der Waals surface area contributed by atoms with Gasteiger partial charge < -0.3 is 5.11 Å². The molecule has 108 valence electrons. The Labute approximate surface area is 114 Å². The summed E-state index contributed by atoms with van der Waals surface area (Å²) in [5, 5.41) is 10.5. The molecule has 1 aromatic rings. The van der Waals surface area contributed by atoms with Gasteiger partial charge in [-0.05, 0) is 32.5 Å². The van der Waals surface area contributed by atoms with E-state index in [9.17, 15) is 13.9 Å². The predicted molar refractivity (Wildman–Crippen MR) is 72.9 cm³/mol. The van der Waals surface area contributed by atoms with E-state index in [1.54, 1.807) is 0 Å². The molecule has 1 N–H and O–H groups in total. The molecule has 1 rings (SSSR count). The molecule has 2 atom stereocenters. The Morgan fingerprint density at radius 2 is 1.79 bits per heavy atom. The standard InChI is InChI=1S/C15H23F2NO/c1-5-15(4,18(6-2)7-3)14(19)11-9-8-10-12(16)13(11)17/h8-10,14,19H,5-7H2,1-4H3. The van der Waals surface area contributed by atoms with E-state index in [1.807, 2.05) is 27.7 Å². The molecular weight excluding hydrogens is 248 g/mol. The Hall–Kier alpha value is -1.00. The predicted octanol–water partition coefficient (Wildman–Crippen LogP) is 3.51. The normalized spacial score (nSPS) is 16.4. The fraction of sp³-hybridized carbons (Fsp3) is 0.600. The number of aliphatic hydroxyl groups is 1. The summed E-state index contributed by atoms with van der Waals surface area (Å²) < 4.78 is 27.1. The van der Waals surface area contributed by atoms with E-state index in [2.05, 4.69) is 4.90 Å². The van der Waals surface area contributed by atoms with Gasteiger partial charge in [-0.3, -0.25) is 4.90 Å². The molecule has 0 radical (unpaired) electrons. The van der Waals surface area contributed by atoms with Crippen LogP contribution in [0.15, 0.2) is 18.2 Å². The van der Waals surface area contributed by atoms with Gasteiger partial charge in [0, 0.05) is 11.1 Å². The van der Waals surface area contributed by atoms with Crippen molar-refractivity contribution in [3.8, 4) is 0 Å². The molecule has 0 spiro atoms. The van der Waals surface area contributed by atoms with Gasteiger partial charge in [0.2, 0.25) is 0 Å². The maximum atomic E-state index is 13.8. The lowest BCUT2D eigenvalue weighted by molar-refractivity contribution is -0.0233. The van der Waals surface area contributed by atoms with Gasteiger partial charge in [0.15, 0.2) is 11.6 Å². The molecule has 0 saturated carbocycles. The second kappa shape index (κ2) is 6.44. The Kier molecular flexibility index (Phi) is 5.44. The van der Waals surface area contributed by atoms with Gasteiger partial charge in [0.05, 0.1) is 6.10 Å². The summed E-state index contributed by atoms with van der Waals surface area (Å²) in [6.07, 6.45) is -0.417. The lowest BCUT2D eigenvalue weighted by Gasteiger charge is -2.43. The van der Waals surface area contributed by atoms with Gasteiger partial charge in [0.1, 0.15) is 0 Å². The molecule has 0 heterocycles. The Bertz CT molecular complexity index is 421. The summed E-state index contributed by atoms with van der Waals surface area (Å²) >= 11 is 0. The van der Waals surface area contributed by atoms with Crippen molar-refractivity contribution >= 4 is 0 Å². The third kappa shape index (κ3) is 2.95. The average Bonchev–Trinajstić information content (AvgIpc) is 2.42. The molecule has 0 aliphatic rings. The molecule has 4 heteroatoms. The molecule has 0 bridgehead atoms. The Balaban J connectivity index is 3.21. The van der Waals surface area contributed by atoms with E-state index < -0.39 is 23.3 Å². The largest absolute Gasteiger partial charge is 0.386 e. The minimum absolute atomic E-state index is 0.0243. The topological polar surface area (TPSA) is 23.5 Å². The second-order valence-corrected chi connectivity index (χ2v) is 4.93. The van der Waals surface area contributed by atoms with Gasteiger partial charge in [-0.2, -0.15) is 0 Å². The van der Waals surface area contributed by atoms with Crippen LogP contribution < -0.4 is 0 Å². The maximum Gasteiger partial charge on any atom is 0.164 e.